The maximum absolute atomic E-state index is 13.3. The largest absolute Gasteiger partial charge is 0.496 e. The highest BCUT2D eigenvalue weighted by molar-refractivity contribution is 14.1. The number of para-hydroxylation sites is 1. The van der Waals surface area contributed by atoms with Crippen molar-refractivity contribution in [2.75, 3.05) is 7.11 Å². The number of methoxy groups -OCH3 is 1. The minimum Gasteiger partial charge on any atom is -0.496 e. The summed E-state index contributed by atoms with van der Waals surface area (Å²) in [5, 5.41) is 6.36. The van der Waals surface area contributed by atoms with Crippen LogP contribution in [0.5, 0.6) is 5.75 Å². The van der Waals surface area contributed by atoms with Crippen molar-refractivity contribution in [3.05, 3.63) is 91.2 Å². The predicted molar refractivity (Wildman–Crippen MR) is 135 cm³/mol. The van der Waals surface area contributed by atoms with E-state index in [1.165, 1.54) is 4.68 Å². The Balaban J connectivity index is 1.70. The van der Waals surface area contributed by atoms with Gasteiger partial charge < -0.3 is 9.15 Å². The van der Waals surface area contributed by atoms with Crippen molar-refractivity contribution in [3.8, 4) is 17.3 Å². The van der Waals surface area contributed by atoms with Crippen LogP contribution in [0.2, 0.25) is 5.02 Å². The molecule has 0 fully saturated rings. The molecule has 0 saturated carbocycles. The van der Waals surface area contributed by atoms with Crippen LogP contribution in [0.15, 0.2) is 81.0 Å². The van der Waals surface area contributed by atoms with Gasteiger partial charge in [-0.15, -0.1) is 0 Å². The molecule has 5 aromatic rings. The highest BCUT2D eigenvalue weighted by Gasteiger charge is 2.16. The molecule has 0 saturated heterocycles. The zero-order chi connectivity index (χ0) is 22.2. The van der Waals surface area contributed by atoms with Crippen LogP contribution in [0.1, 0.15) is 5.56 Å². The van der Waals surface area contributed by atoms with Crippen molar-refractivity contribution in [3.63, 3.8) is 0 Å². The van der Waals surface area contributed by atoms with E-state index in [9.17, 15) is 4.79 Å². The summed E-state index contributed by atoms with van der Waals surface area (Å²) in [7, 11) is 1.62. The van der Waals surface area contributed by atoms with Crippen LogP contribution in [0, 0.1) is 3.57 Å². The van der Waals surface area contributed by atoms with Crippen molar-refractivity contribution < 1.29 is 9.15 Å². The third kappa shape index (κ3) is 3.78. The summed E-state index contributed by atoms with van der Waals surface area (Å²) >= 11 is 8.31. The molecule has 0 aliphatic carbocycles. The van der Waals surface area contributed by atoms with Crippen molar-refractivity contribution in [2.45, 2.75) is 0 Å². The summed E-state index contributed by atoms with van der Waals surface area (Å²) in [5.74, 6) is 1.50. The fourth-order valence-electron chi connectivity index (χ4n) is 3.40. The molecule has 0 amide bonds. The van der Waals surface area contributed by atoms with E-state index in [4.69, 9.17) is 20.8 Å². The monoisotopic (exact) mass is 555 g/mol. The molecule has 0 aliphatic rings. The van der Waals surface area contributed by atoms with Gasteiger partial charge in [-0.3, -0.25) is 4.79 Å². The molecule has 8 heteroatoms. The number of ether oxygens (including phenoxy) is 1. The third-order valence-corrected chi connectivity index (χ3v) is 6.03. The maximum Gasteiger partial charge on any atom is 0.282 e. The molecule has 0 bridgehead atoms. The topological polar surface area (TPSA) is 69.6 Å². The molecule has 5 rings (SSSR count). The van der Waals surface area contributed by atoms with Gasteiger partial charge in [-0.2, -0.15) is 9.78 Å². The Morgan fingerprint density at radius 1 is 1.12 bits per heavy atom. The van der Waals surface area contributed by atoms with Crippen molar-refractivity contribution >= 4 is 62.3 Å². The molecule has 2 aromatic heterocycles. The SMILES string of the molecule is COc1ccc(C=Nn2c(-c3cc4cc(Cl)ccc4o3)nc3ccccc3c2=O)cc1I. The number of fused-ring (bicyclic) bond motifs is 2. The van der Waals surface area contributed by atoms with E-state index in [2.05, 4.69) is 32.7 Å². The van der Waals surface area contributed by atoms with E-state index in [0.717, 1.165) is 20.3 Å². The lowest BCUT2D eigenvalue weighted by atomic mass is 10.2. The van der Waals surface area contributed by atoms with Crippen LogP contribution in [-0.4, -0.2) is 23.0 Å². The van der Waals surface area contributed by atoms with Gasteiger partial charge in [0.15, 0.2) is 5.76 Å². The number of hydrogen-bond acceptors (Lipinski definition) is 5. The lowest BCUT2D eigenvalue weighted by Gasteiger charge is -2.07. The minimum absolute atomic E-state index is 0.288. The molecule has 0 spiro atoms. The Morgan fingerprint density at radius 2 is 1.97 bits per heavy atom. The van der Waals surface area contributed by atoms with Crippen molar-refractivity contribution in [1.29, 1.82) is 0 Å². The quantitative estimate of drug-likeness (QED) is 0.203. The molecule has 32 heavy (non-hydrogen) atoms. The van der Waals surface area contributed by atoms with Gasteiger partial charge in [0.2, 0.25) is 5.82 Å². The van der Waals surface area contributed by atoms with Crippen LogP contribution >= 0.6 is 34.2 Å². The maximum atomic E-state index is 13.3. The molecule has 158 valence electrons. The highest BCUT2D eigenvalue weighted by atomic mass is 127. The first-order valence-electron chi connectivity index (χ1n) is 9.62. The summed E-state index contributed by atoms with van der Waals surface area (Å²) in [4.78, 5) is 18.0. The first-order chi connectivity index (χ1) is 15.5. The Bertz CT molecular complexity index is 1570. The molecule has 0 unspecified atom stereocenters. The zero-order valence-corrected chi connectivity index (χ0v) is 19.7. The van der Waals surface area contributed by atoms with Gasteiger partial charge in [-0.25, -0.2) is 4.98 Å². The van der Waals surface area contributed by atoms with Crippen LogP contribution in [0.3, 0.4) is 0 Å². The van der Waals surface area contributed by atoms with E-state index in [-0.39, 0.29) is 5.56 Å². The lowest BCUT2D eigenvalue weighted by molar-refractivity contribution is 0.412. The Morgan fingerprint density at radius 3 is 2.78 bits per heavy atom. The summed E-state index contributed by atoms with van der Waals surface area (Å²) in [6.45, 7) is 0. The van der Waals surface area contributed by atoms with Gasteiger partial charge in [-0.1, -0.05) is 23.7 Å². The highest BCUT2D eigenvalue weighted by Crippen LogP contribution is 2.29. The van der Waals surface area contributed by atoms with Gasteiger partial charge in [0.1, 0.15) is 11.3 Å². The number of aromatic nitrogens is 2. The number of nitrogens with zero attached hydrogens (tertiary/aromatic N) is 3. The van der Waals surface area contributed by atoms with Gasteiger partial charge in [0.25, 0.3) is 5.56 Å². The number of benzene rings is 3. The predicted octanol–water partition coefficient (Wildman–Crippen LogP) is 5.96. The Hall–Kier alpha value is -3.17. The molecule has 0 N–H and O–H groups in total. The number of rotatable bonds is 4. The molecular formula is C24H15ClIN3O3. The van der Waals surface area contributed by atoms with E-state index in [1.807, 2.05) is 24.3 Å². The van der Waals surface area contributed by atoms with Gasteiger partial charge in [0, 0.05) is 10.4 Å². The molecular weight excluding hydrogens is 541 g/mol. The van der Waals surface area contributed by atoms with E-state index < -0.39 is 0 Å². The van der Waals surface area contributed by atoms with Crippen molar-refractivity contribution in [2.24, 2.45) is 5.10 Å². The number of halogens is 2. The fraction of sp³-hybridized carbons (Fsp3) is 0.0417. The summed E-state index contributed by atoms with van der Waals surface area (Å²) in [6.07, 6.45) is 1.61. The average molecular weight is 556 g/mol. The Labute approximate surface area is 201 Å². The molecule has 0 atom stereocenters. The van der Waals surface area contributed by atoms with Gasteiger partial charge >= 0.3 is 0 Å². The summed E-state index contributed by atoms with van der Waals surface area (Å²) in [6, 6.07) is 19.9. The minimum atomic E-state index is -0.288. The Kier molecular flexibility index (Phi) is 5.44. The normalized spacial score (nSPS) is 11.6. The summed E-state index contributed by atoms with van der Waals surface area (Å²) in [5.41, 5.74) is 1.74. The molecule has 0 aliphatic heterocycles. The first kappa shape index (κ1) is 20.7. The zero-order valence-electron chi connectivity index (χ0n) is 16.8. The van der Waals surface area contributed by atoms with Crippen molar-refractivity contribution in [1.82, 2.24) is 9.66 Å². The third-order valence-electron chi connectivity index (χ3n) is 4.95. The van der Waals surface area contributed by atoms with E-state index in [0.29, 0.717) is 33.1 Å². The number of furan rings is 1. The van der Waals surface area contributed by atoms with E-state index >= 15 is 0 Å². The standard InChI is InChI=1S/C24H15ClIN3O3/c1-31-21-8-6-14(10-18(21)26)13-27-29-23(28-19-5-3-2-4-17(19)24(29)30)22-12-15-11-16(25)7-9-20(15)32-22/h2-13H,1H3. The average Bonchev–Trinajstić information content (AvgIpc) is 3.21. The van der Waals surface area contributed by atoms with Crippen LogP contribution in [-0.2, 0) is 0 Å². The molecule has 2 heterocycles. The second-order valence-corrected chi connectivity index (χ2v) is 8.60. The van der Waals surface area contributed by atoms with Gasteiger partial charge in [0.05, 0.1) is 27.8 Å². The lowest BCUT2D eigenvalue weighted by Crippen LogP contribution is -2.20. The smallest absolute Gasteiger partial charge is 0.282 e. The second-order valence-electron chi connectivity index (χ2n) is 7.00. The number of hydrogen-bond donors (Lipinski definition) is 0. The van der Waals surface area contributed by atoms with Crippen LogP contribution in [0.4, 0.5) is 0 Å². The van der Waals surface area contributed by atoms with E-state index in [1.54, 1.807) is 55.8 Å². The van der Waals surface area contributed by atoms with Crippen LogP contribution < -0.4 is 10.3 Å². The van der Waals surface area contributed by atoms with Gasteiger partial charge in [-0.05, 0) is 82.8 Å². The van der Waals surface area contributed by atoms with Crippen LogP contribution in [0.25, 0.3) is 33.5 Å². The molecule has 3 aromatic carbocycles. The fourth-order valence-corrected chi connectivity index (χ4v) is 4.34. The summed E-state index contributed by atoms with van der Waals surface area (Å²) < 4.78 is 13.5. The second kappa shape index (κ2) is 8.40. The molecule has 0 radical (unpaired) electrons. The molecule has 6 nitrogen and oxygen atoms in total. The first-order valence-corrected chi connectivity index (χ1v) is 11.1.